The number of para-hydroxylation sites is 1. The molecule has 1 heterocycles. The average molecular weight is 435 g/mol. The summed E-state index contributed by atoms with van der Waals surface area (Å²) >= 11 is 0. The van der Waals surface area contributed by atoms with E-state index < -0.39 is 42.0 Å². The molecule has 2 aromatic rings. The molecule has 1 atom stereocenters. The zero-order valence-electron chi connectivity index (χ0n) is 17.0. The summed E-state index contributed by atoms with van der Waals surface area (Å²) in [5.41, 5.74) is 0.973. The highest BCUT2D eigenvalue weighted by Gasteiger charge is 2.49. The number of amides is 4. The molecule has 31 heavy (non-hydrogen) atoms. The van der Waals surface area contributed by atoms with Crippen LogP contribution >= 0.6 is 0 Å². The molecular weight excluding hydrogens is 415 g/mol. The van der Waals surface area contributed by atoms with Crippen molar-refractivity contribution in [2.75, 3.05) is 11.9 Å². The lowest BCUT2D eigenvalue weighted by atomic mass is 9.92. The molecule has 0 radical (unpaired) electrons. The predicted octanol–water partition coefficient (Wildman–Crippen LogP) is 3.61. The van der Waals surface area contributed by atoms with Gasteiger partial charge in [-0.3, -0.25) is 14.5 Å². The molecule has 0 bridgehead atoms. The minimum absolute atomic E-state index is 0.248. The second-order valence-electron chi connectivity index (χ2n) is 7.33. The van der Waals surface area contributed by atoms with E-state index in [2.05, 4.69) is 15.4 Å². The second-order valence-corrected chi connectivity index (χ2v) is 7.33. The number of hydrogen-bond donors (Lipinski definition) is 2. The molecule has 2 N–H and O–H groups in total. The highest BCUT2D eigenvalue weighted by Crippen LogP contribution is 2.31. The second kappa shape index (κ2) is 7.93. The molecule has 1 fully saturated rings. The lowest BCUT2D eigenvalue weighted by Gasteiger charge is -2.22. The lowest BCUT2D eigenvalue weighted by molar-refractivity contribution is -0.274. The maximum absolute atomic E-state index is 12.9. The van der Waals surface area contributed by atoms with Crippen LogP contribution in [0.5, 0.6) is 5.75 Å². The van der Waals surface area contributed by atoms with Gasteiger partial charge >= 0.3 is 12.4 Å². The largest absolute Gasteiger partial charge is 0.573 e. The first-order valence-electron chi connectivity index (χ1n) is 9.27. The van der Waals surface area contributed by atoms with Crippen molar-refractivity contribution in [3.63, 3.8) is 0 Å². The van der Waals surface area contributed by atoms with Crippen molar-refractivity contribution < 1.29 is 32.3 Å². The molecule has 1 aliphatic heterocycles. The summed E-state index contributed by atoms with van der Waals surface area (Å²) in [6.45, 7) is 4.54. The Morgan fingerprint density at radius 2 is 1.68 bits per heavy atom. The maximum Gasteiger partial charge on any atom is 0.573 e. The number of imide groups is 1. The summed E-state index contributed by atoms with van der Waals surface area (Å²) in [6, 6.07) is 9.29. The fourth-order valence-electron chi connectivity index (χ4n) is 3.36. The van der Waals surface area contributed by atoms with Crippen LogP contribution < -0.4 is 15.4 Å². The van der Waals surface area contributed by atoms with E-state index in [1.165, 1.54) is 19.1 Å². The summed E-state index contributed by atoms with van der Waals surface area (Å²) in [6.07, 6.45) is -4.84. The van der Waals surface area contributed by atoms with E-state index in [1.54, 1.807) is 0 Å². The molecule has 2 aromatic carbocycles. The standard InChI is InChI=1S/C21H20F3N3O4/c1-12-5-4-6-13(2)17(12)25-16(28)11-27-18(29)20(3,26-19(27)30)14-7-9-15(10-8-14)31-21(22,23)24/h4-10H,11H2,1-3H3,(H,25,28)(H,26,30). The van der Waals surface area contributed by atoms with E-state index in [0.717, 1.165) is 28.2 Å². The van der Waals surface area contributed by atoms with Crippen molar-refractivity contribution in [2.24, 2.45) is 0 Å². The van der Waals surface area contributed by atoms with Gasteiger partial charge in [-0.05, 0) is 49.6 Å². The van der Waals surface area contributed by atoms with Crippen molar-refractivity contribution in [1.29, 1.82) is 0 Å². The van der Waals surface area contributed by atoms with Crippen molar-refractivity contribution in [2.45, 2.75) is 32.7 Å². The van der Waals surface area contributed by atoms with Crippen LogP contribution in [0.2, 0.25) is 0 Å². The number of rotatable bonds is 5. The first-order chi connectivity index (χ1) is 14.4. The van der Waals surface area contributed by atoms with E-state index in [4.69, 9.17) is 0 Å². The van der Waals surface area contributed by atoms with Crippen LogP contribution in [0.3, 0.4) is 0 Å². The Hall–Kier alpha value is -3.56. The summed E-state index contributed by atoms with van der Waals surface area (Å²) < 4.78 is 40.8. The molecule has 4 amide bonds. The number of aryl methyl sites for hydroxylation is 2. The number of benzene rings is 2. The van der Waals surface area contributed by atoms with Gasteiger partial charge in [-0.1, -0.05) is 30.3 Å². The van der Waals surface area contributed by atoms with Crippen LogP contribution in [0, 0.1) is 13.8 Å². The minimum atomic E-state index is -4.84. The van der Waals surface area contributed by atoms with Gasteiger partial charge in [-0.15, -0.1) is 13.2 Å². The molecule has 1 saturated heterocycles. The van der Waals surface area contributed by atoms with Gasteiger partial charge < -0.3 is 15.4 Å². The molecule has 0 aromatic heterocycles. The SMILES string of the molecule is Cc1cccc(C)c1NC(=O)CN1C(=O)NC(C)(c2ccc(OC(F)(F)F)cc2)C1=O. The Labute approximate surface area is 176 Å². The Morgan fingerprint density at radius 3 is 2.23 bits per heavy atom. The van der Waals surface area contributed by atoms with Crippen LogP contribution in [-0.4, -0.2) is 35.7 Å². The van der Waals surface area contributed by atoms with Crippen LogP contribution in [0.15, 0.2) is 42.5 Å². The molecule has 10 heteroatoms. The number of anilines is 1. The van der Waals surface area contributed by atoms with Crippen molar-refractivity contribution in [3.05, 3.63) is 59.2 Å². The van der Waals surface area contributed by atoms with Crippen molar-refractivity contribution in [3.8, 4) is 5.75 Å². The summed E-state index contributed by atoms with van der Waals surface area (Å²) in [5, 5.41) is 5.21. The molecule has 7 nitrogen and oxygen atoms in total. The predicted molar refractivity (Wildman–Crippen MR) is 105 cm³/mol. The number of halogens is 3. The van der Waals surface area contributed by atoms with Gasteiger partial charge in [0.1, 0.15) is 17.8 Å². The number of hydrogen-bond acceptors (Lipinski definition) is 4. The minimum Gasteiger partial charge on any atom is -0.406 e. The van der Waals surface area contributed by atoms with E-state index in [-0.39, 0.29) is 5.56 Å². The third-order valence-electron chi connectivity index (χ3n) is 4.99. The Bertz CT molecular complexity index is 1020. The number of urea groups is 1. The number of nitrogens with zero attached hydrogens (tertiary/aromatic N) is 1. The number of carbonyl (C=O) groups excluding carboxylic acids is 3. The zero-order valence-corrected chi connectivity index (χ0v) is 17.0. The van der Waals surface area contributed by atoms with Gasteiger partial charge in [-0.2, -0.15) is 0 Å². The number of ether oxygens (including phenoxy) is 1. The molecule has 1 unspecified atom stereocenters. The third kappa shape index (κ3) is 4.62. The normalized spacial score (nSPS) is 18.7. The molecule has 164 valence electrons. The summed E-state index contributed by atoms with van der Waals surface area (Å²) in [7, 11) is 0. The van der Waals surface area contributed by atoms with E-state index in [0.29, 0.717) is 5.69 Å². The molecule has 0 spiro atoms. The van der Waals surface area contributed by atoms with Crippen molar-refractivity contribution in [1.82, 2.24) is 10.2 Å². The van der Waals surface area contributed by atoms with Gasteiger partial charge in [0, 0.05) is 5.69 Å². The van der Waals surface area contributed by atoms with E-state index in [9.17, 15) is 27.6 Å². The number of alkyl halides is 3. The molecule has 0 saturated carbocycles. The highest BCUT2D eigenvalue weighted by molar-refractivity contribution is 6.10. The maximum atomic E-state index is 12.9. The molecule has 1 aliphatic rings. The summed E-state index contributed by atoms with van der Waals surface area (Å²) in [5.74, 6) is -1.71. The van der Waals surface area contributed by atoms with E-state index >= 15 is 0 Å². The highest BCUT2D eigenvalue weighted by atomic mass is 19.4. The monoisotopic (exact) mass is 435 g/mol. The van der Waals surface area contributed by atoms with Gasteiger partial charge in [0.15, 0.2) is 0 Å². The topological polar surface area (TPSA) is 87.7 Å². The van der Waals surface area contributed by atoms with Gasteiger partial charge in [0.05, 0.1) is 0 Å². The smallest absolute Gasteiger partial charge is 0.406 e. The first kappa shape index (κ1) is 22.1. The van der Waals surface area contributed by atoms with E-state index in [1.807, 2.05) is 32.0 Å². The lowest BCUT2D eigenvalue weighted by Crippen LogP contribution is -2.42. The van der Waals surface area contributed by atoms with Gasteiger partial charge in [0.25, 0.3) is 5.91 Å². The number of nitrogens with one attached hydrogen (secondary N) is 2. The van der Waals surface area contributed by atoms with Crippen LogP contribution in [0.4, 0.5) is 23.7 Å². The molecule has 0 aliphatic carbocycles. The molecule has 3 rings (SSSR count). The Morgan fingerprint density at radius 1 is 1.10 bits per heavy atom. The fourth-order valence-corrected chi connectivity index (χ4v) is 3.36. The van der Waals surface area contributed by atoms with Crippen LogP contribution in [-0.2, 0) is 15.1 Å². The third-order valence-corrected chi connectivity index (χ3v) is 4.99. The average Bonchev–Trinajstić information content (AvgIpc) is 2.88. The fraction of sp³-hybridized carbons (Fsp3) is 0.286. The molecular formula is C21H20F3N3O4. The van der Waals surface area contributed by atoms with Gasteiger partial charge in [0.2, 0.25) is 5.91 Å². The van der Waals surface area contributed by atoms with Crippen LogP contribution in [0.1, 0.15) is 23.6 Å². The van der Waals surface area contributed by atoms with Crippen molar-refractivity contribution >= 4 is 23.5 Å². The first-order valence-corrected chi connectivity index (χ1v) is 9.27. The van der Waals surface area contributed by atoms with Gasteiger partial charge in [-0.25, -0.2) is 4.79 Å². The quantitative estimate of drug-likeness (QED) is 0.703. The Kier molecular flexibility index (Phi) is 5.66. The zero-order chi connectivity index (χ0) is 23.0. The Balaban J connectivity index is 1.74. The summed E-state index contributed by atoms with van der Waals surface area (Å²) in [4.78, 5) is 38.6. The van der Waals surface area contributed by atoms with Crippen LogP contribution in [0.25, 0.3) is 0 Å². The number of carbonyl (C=O) groups is 3.